The van der Waals surface area contributed by atoms with Crippen LogP contribution in [0.2, 0.25) is 0 Å². The number of allylic oxidation sites excluding steroid dienone is 4. The number of aliphatic carboxylic acids is 1. The minimum Gasteiger partial charge on any atom is -0.481 e. The van der Waals surface area contributed by atoms with Crippen molar-refractivity contribution in [3.63, 3.8) is 0 Å². The van der Waals surface area contributed by atoms with Gasteiger partial charge in [0, 0.05) is 12.8 Å². The van der Waals surface area contributed by atoms with Gasteiger partial charge < -0.3 is 9.84 Å². The minimum absolute atomic E-state index is 0.00131. The van der Waals surface area contributed by atoms with Crippen LogP contribution in [0, 0.1) is 0 Å². The van der Waals surface area contributed by atoms with Crippen LogP contribution in [0.4, 0.5) is 0 Å². The van der Waals surface area contributed by atoms with Crippen LogP contribution in [0.5, 0.6) is 0 Å². The van der Waals surface area contributed by atoms with Crippen molar-refractivity contribution in [2.24, 2.45) is 0 Å². The Labute approximate surface area is 306 Å². The third kappa shape index (κ3) is 40.7. The molecule has 288 valence electrons. The molecule has 0 heterocycles. The fourth-order valence-electron chi connectivity index (χ4n) is 6.69. The van der Waals surface area contributed by atoms with Crippen LogP contribution in [0.1, 0.15) is 245 Å². The van der Waals surface area contributed by atoms with Gasteiger partial charge in [0.2, 0.25) is 0 Å². The number of rotatable bonds is 40. The van der Waals surface area contributed by atoms with E-state index in [2.05, 4.69) is 38.2 Å². The molecule has 0 aromatic rings. The number of carboxylic acid groups (broad SMARTS) is 1. The summed E-state index contributed by atoms with van der Waals surface area (Å²) in [5.41, 5.74) is 0. The molecule has 0 fully saturated rings. The molecule has 0 radical (unpaired) electrons. The van der Waals surface area contributed by atoms with Crippen LogP contribution in [-0.2, 0) is 14.3 Å². The van der Waals surface area contributed by atoms with Gasteiger partial charge in [0.15, 0.2) is 0 Å². The predicted molar refractivity (Wildman–Crippen MR) is 213 cm³/mol. The average molecular weight is 689 g/mol. The van der Waals surface area contributed by atoms with Crippen molar-refractivity contribution in [1.82, 2.24) is 0 Å². The molecule has 0 spiro atoms. The first-order chi connectivity index (χ1) is 24.1. The van der Waals surface area contributed by atoms with Gasteiger partial charge >= 0.3 is 11.9 Å². The molecule has 0 aromatic carbocycles. The number of hydrogen-bond donors (Lipinski definition) is 1. The van der Waals surface area contributed by atoms with E-state index in [1.807, 2.05) is 0 Å². The highest BCUT2D eigenvalue weighted by molar-refractivity contribution is 5.69. The molecule has 0 aliphatic rings. The van der Waals surface area contributed by atoms with Crippen LogP contribution in [-0.4, -0.2) is 23.1 Å². The Morgan fingerprint density at radius 2 is 0.796 bits per heavy atom. The zero-order valence-corrected chi connectivity index (χ0v) is 33.0. The van der Waals surface area contributed by atoms with Gasteiger partial charge in [0.05, 0.1) is 0 Å². The maximum absolute atomic E-state index is 12.7. The van der Waals surface area contributed by atoms with E-state index in [9.17, 15) is 9.59 Å². The third-order valence-electron chi connectivity index (χ3n) is 9.93. The highest BCUT2D eigenvalue weighted by Gasteiger charge is 2.14. The van der Waals surface area contributed by atoms with E-state index in [1.54, 1.807) is 0 Å². The molecule has 0 aromatic heterocycles. The molecule has 4 heteroatoms. The Bertz CT molecular complexity index is 742. The number of hydrogen-bond acceptors (Lipinski definition) is 3. The number of carbonyl (C=O) groups is 2. The maximum Gasteiger partial charge on any atom is 0.306 e. The van der Waals surface area contributed by atoms with Crippen molar-refractivity contribution in [1.29, 1.82) is 0 Å². The summed E-state index contributed by atoms with van der Waals surface area (Å²) < 4.78 is 6.01. The highest BCUT2D eigenvalue weighted by atomic mass is 16.5. The highest BCUT2D eigenvalue weighted by Crippen LogP contribution is 2.19. The van der Waals surface area contributed by atoms with Gasteiger partial charge in [-0.05, 0) is 70.6 Å². The van der Waals surface area contributed by atoms with Gasteiger partial charge in [0.25, 0.3) is 0 Å². The lowest BCUT2D eigenvalue weighted by molar-refractivity contribution is -0.150. The average Bonchev–Trinajstić information content (AvgIpc) is 3.09. The fourth-order valence-corrected chi connectivity index (χ4v) is 6.69. The van der Waals surface area contributed by atoms with E-state index in [0.717, 1.165) is 70.6 Å². The third-order valence-corrected chi connectivity index (χ3v) is 9.93. The van der Waals surface area contributed by atoms with Crippen molar-refractivity contribution >= 4 is 11.9 Å². The first-order valence-electron chi connectivity index (χ1n) is 21.8. The first kappa shape index (κ1) is 47.4. The quantitative estimate of drug-likeness (QED) is 0.0395. The second kappa shape index (κ2) is 40.8. The van der Waals surface area contributed by atoms with E-state index in [4.69, 9.17) is 9.84 Å². The summed E-state index contributed by atoms with van der Waals surface area (Å²) in [6.45, 7) is 4.55. The molecular formula is C45H84O4. The van der Waals surface area contributed by atoms with E-state index in [1.165, 1.54) is 148 Å². The molecule has 0 bridgehead atoms. The Morgan fingerprint density at radius 3 is 1.20 bits per heavy atom. The van der Waals surface area contributed by atoms with E-state index in [0.29, 0.717) is 6.42 Å². The Hall–Kier alpha value is -1.58. The monoisotopic (exact) mass is 689 g/mol. The lowest BCUT2D eigenvalue weighted by Crippen LogP contribution is -2.18. The van der Waals surface area contributed by atoms with Crippen molar-refractivity contribution < 1.29 is 19.4 Å². The molecular weight excluding hydrogens is 604 g/mol. The summed E-state index contributed by atoms with van der Waals surface area (Å²) in [4.78, 5) is 23.4. The summed E-state index contributed by atoms with van der Waals surface area (Å²) in [5, 5.41) is 8.82. The van der Waals surface area contributed by atoms with Crippen LogP contribution in [0.3, 0.4) is 0 Å². The number of esters is 1. The van der Waals surface area contributed by atoms with Crippen molar-refractivity contribution in [3.8, 4) is 0 Å². The lowest BCUT2D eigenvalue weighted by Gasteiger charge is -2.18. The van der Waals surface area contributed by atoms with Gasteiger partial charge in [0.1, 0.15) is 6.10 Å². The topological polar surface area (TPSA) is 63.6 Å². The Kier molecular flexibility index (Phi) is 39.5. The minimum atomic E-state index is -0.699. The van der Waals surface area contributed by atoms with Crippen LogP contribution in [0.25, 0.3) is 0 Å². The van der Waals surface area contributed by atoms with E-state index < -0.39 is 5.97 Å². The molecule has 0 aliphatic heterocycles. The van der Waals surface area contributed by atoms with Gasteiger partial charge in [-0.1, -0.05) is 186 Å². The molecule has 0 saturated heterocycles. The molecule has 0 amide bonds. The number of ether oxygens (including phenoxy) is 1. The zero-order chi connectivity index (χ0) is 35.7. The molecule has 1 atom stereocenters. The molecule has 0 aliphatic carbocycles. The van der Waals surface area contributed by atoms with Gasteiger partial charge in [-0.3, -0.25) is 9.59 Å². The molecule has 49 heavy (non-hydrogen) atoms. The standard InChI is InChI=1S/C45H84O4/c1-3-5-7-9-11-13-15-16-17-18-19-20-21-22-23-24-25-27-29-34-38-42-45(48)49-43(40-36-32-30-33-37-41-44(46)47)39-35-31-28-26-14-12-10-8-6-4-2/h15-16,18-19,43H,3-14,17,20-42H2,1-2H3,(H,46,47)/b16-15-,19-18-. The largest absolute Gasteiger partial charge is 0.481 e. The summed E-state index contributed by atoms with van der Waals surface area (Å²) >= 11 is 0. The summed E-state index contributed by atoms with van der Waals surface area (Å²) in [6.07, 6.45) is 52.1. The van der Waals surface area contributed by atoms with Gasteiger partial charge in [-0.15, -0.1) is 0 Å². The van der Waals surface area contributed by atoms with E-state index in [-0.39, 0.29) is 18.5 Å². The molecule has 0 rings (SSSR count). The maximum atomic E-state index is 12.7. The van der Waals surface area contributed by atoms with Gasteiger partial charge in [-0.2, -0.15) is 0 Å². The predicted octanol–water partition coefficient (Wildman–Crippen LogP) is 15.2. The van der Waals surface area contributed by atoms with Crippen molar-refractivity contribution in [3.05, 3.63) is 24.3 Å². The van der Waals surface area contributed by atoms with E-state index >= 15 is 0 Å². The second-order valence-corrected chi connectivity index (χ2v) is 14.9. The normalized spacial score (nSPS) is 12.4. The molecule has 0 saturated carbocycles. The van der Waals surface area contributed by atoms with Crippen molar-refractivity contribution in [2.75, 3.05) is 0 Å². The van der Waals surface area contributed by atoms with Crippen molar-refractivity contribution in [2.45, 2.75) is 251 Å². The molecule has 1 N–H and O–H groups in total. The molecule has 4 nitrogen and oxygen atoms in total. The number of carboxylic acids is 1. The molecule has 1 unspecified atom stereocenters. The van der Waals surface area contributed by atoms with Gasteiger partial charge in [-0.25, -0.2) is 0 Å². The van der Waals surface area contributed by atoms with Crippen LogP contribution < -0.4 is 0 Å². The summed E-state index contributed by atoms with van der Waals surface area (Å²) in [6, 6.07) is 0. The first-order valence-corrected chi connectivity index (χ1v) is 21.8. The lowest BCUT2D eigenvalue weighted by atomic mass is 10.0. The zero-order valence-electron chi connectivity index (χ0n) is 33.0. The fraction of sp³-hybridized carbons (Fsp3) is 0.867. The van der Waals surface area contributed by atoms with Crippen LogP contribution in [0.15, 0.2) is 24.3 Å². The summed E-state index contributed by atoms with van der Waals surface area (Å²) in [5.74, 6) is -0.697. The summed E-state index contributed by atoms with van der Waals surface area (Å²) in [7, 11) is 0. The number of carbonyl (C=O) groups excluding carboxylic acids is 1. The Balaban J connectivity index is 3.90. The SMILES string of the molecule is CCCCCCC/C=C\C/C=C\CCCCCCCCCCCC(=O)OC(CCCCCCCCCCCC)CCCCCCCC(=O)O. The Morgan fingerprint density at radius 1 is 0.449 bits per heavy atom. The smallest absolute Gasteiger partial charge is 0.306 e. The van der Waals surface area contributed by atoms with Crippen LogP contribution >= 0.6 is 0 Å². The second-order valence-electron chi connectivity index (χ2n) is 14.9. The number of unbranched alkanes of at least 4 members (excludes halogenated alkanes) is 27.